The molecule has 4 N–H and O–H groups in total. The van der Waals surface area contributed by atoms with E-state index in [2.05, 4.69) is 28.8 Å². The molecule has 0 saturated carbocycles. The Kier molecular flexibility index (Phi) is 8.73. The Morgan fingerprint density at radius 3 is 2.66 bits per heavy atom. The molecule has 4 rings (SSSR count). The molecule has 1 aromatic carbocycles. The number of likely N-dealkylation sites (N-methyl/N-ethyl adjacent to an activating group) is 1. The van der Waals surface area contributed by atoms with Crippen LogP contribution >= 0.6 is 11.8 Å². The molecule has 9 heteroatoms. The second kappa shape index (κ2) is 11.4. The Balaban J connectivity index is 0.00000167. The molecule has 2 aliphatic heterocycles. The highest BCUT2D eigenvalue weighted by molar-refractivity contribution is 7.99. The van der Waals surface area contributed by atoms with E-state index in [0.29, 0.717) is 6.42 Å². The fraction of sp³-hybridized carbons (Fsp3) is 0.577. The highest BCUT2D eigenvalue weighted by Crippen LogP contribution is 2.46. The van der Waals surface area contributed by atoms with E-state index in [-0.39, 0.29) is 46.8 Å². The first-order chi connectivity index (χ1) is 16.7. The van der Waals surface area contributed by atoms with Crippen molar-refractivity contribution in [1.29, 1.82) is 0 Å². The van der Waals surface area contributed by atoms with Crippen LogP contribution in [0.2, 0.25) is 0 Å². The number of carbonyl (C=O) groups is 3. The van der Waals surface area contributed by atoms with Crippen LogP contribution in [0.4, 0.5) is 0 Å². The van der Waals surface area contributed by atoms with Crippen LogP contribution in [0.3, 0.4) is 0 Å². The summed E-state index contributed by atoms with van der Waals surface area (Å²) in [5.41, 5.74) is 1.71. The predicted molar refractivity (Wildman–Crippen MR) is 138 cm³/mol. The van der Waals surface area contributed by atoms with Crippen molar-refractivity contribution < 1.29 is 19.5 Å². The van der Waals surface area contributed by atoms with Crippen LogP contribution in [0.1, 0.15) is 56.7 Å². The summed E-state index contributed by atoms with van der Waals surface area (Å²) in [6.07, 6.45) is 11.9. The fourth-order valence-corrected chi connectivity index (χ4v) is 7.04. The standard InChI is InChI=1S/C24H34N4O4S.C2H2/c1-24(2)12-20-28(23(32)18(9-10-33-20)26-19(30)13-25-3)21(24)22(31)27-17-6-4-5-14-11-15(29)7-8-16(14)17;1-2/h7-8,11,17-18,20-21,25,29H,4-6,9-10,12-13H2,1-3H3,(H,26,30)(H,27,31);1-2H/t17?,18?,20?,21-;/m1./s1. The van der Waals surface area contributed by atoms with E-state index in [1.165, 1.54) is 0 Å². The Bertz CT molecular complexity index is 979. The van der Waals surface area contributed by atoms with Crippen molar-refractivity contribution in [2.45, 2.75) is 69.5 Å². The molecule has 0 aromatic heterocycles. The molecule has 2 saturated heterocycles. The third-order valence-corrected chi connectivity index (χ3v) is 8.23. The molecule has 3 amide bonds. The van der Waals surface area contributed by atoms with Gasteiger partial charge in [0.15, 0.2) is 0 Å². The van der Waals surface area contributed by atoms with E-state index in [9.17, 15) is 19.5 Å². The van der Waals surface area contributed by atoms with Gasteiger partial charge >= 0.3 is 0 Å². The lowest BCUT2D eigenvalue weighted by Gasteiger charge is -2.36. The number of nitrogens with zero attached hydrogens (tertiary/aromatic N) is 1. The Hall–Kier alpha value is -2.70. The number of amides is 3. The number of hydrogen-bond acceptors (Lipinski definition) is 6. The second-order valence-corrected chi connectivity index (χ2v) is 11.2. The van der Waals surface area contributed by atoms with Gasteiger partial charge in [-0.2, -0.15) is 0 Å². The number of aromatic hydroxyl groups is 1. The highest BCUT2D eigenvalue weighted by Gasteiger charge is 2.54. The zero-order valence-corrected chi connectivity index (χ0v) is 21.5. The van der Waals surface area contributed by atoms with Crippen molar-refractivity contribution in [1.82, 2.24) is 20.9 Å². The molecular weight excluding hydrogens is 464 g/mol. The maximum Gasteiger partial charge on any atom is 0.246 e. The average molecular weight is 501 g/mol. The minimum Gasteiger partial charge on any atom is -0.508 e. The molecule has 0 bridgehead atoms. The molecule has 2 heterocycles. The first-order valence-electron chi connectivity index (χ1n) is 12.0. The Morgan fingerprint density at radius 1 is 1.20 bits per heavy atom. The van der Waals surface area contributed by atoms with Crippen LogP contribution < -0.4 is 16.0 Å². The maximum atomic E-state index is 13.7. The second-order valence-electron chi connectivity index (χ2n) is 9.94. The van der Waals surface area contributed by atoms with Gasteiger partial charge in [0, 0.05) is 0 Å². The smallest absolute Gasteiger partial charge is 0.246 e. The van der Waals surface area contributed by atoms with Gasteiger partial charge in [-0.05, 0) is 73.6 Å². The minimum atomic E-state index is -0.620. The topological polar surface area (TPSA) is 111 Å². The molecule has 3 unspecified atom stereocenters. The number of aryl methyl sites for hydroxylation is 1. The van der Waals surface area contributed by atoms with Crippen LogP contribution in [0, 0.1) is 18.3 Å². The number of phenols is 1. The lowest BCUT2D eigenvalue weighted by Crippen LogP contribution is -2.57. The van der Waals surface area contributed by atoms with Crippen molar-refractivity contribution in [3.8, 4) is 18.6 Å². The minimum absolute atomic E-state index is 0.0787. The number of terminal acetylenes is 1. The van der Waals surface area contributed by atoms with Crippen molar-refractivity contribution in [3.63, 3.8) is 0 Å². The third-order valence-electron chi connectivity index (χ3n) is 6.98. The number of rotatable bonds is 5. The Morgan fingerprint density at radius 2 is 1.94 bits per heavy atom. The molecule has 0 radical (unpaired) electrons. The van der Waals surface area contributed by atoms with E-state index < -0.39 is 12.1 Å². The number of phenolic OH excluding ortho intramolecular Hbond substituents is 1. The highest BCUT2D eigenvalue weighted by atomic mass is 32.2. The van der Waals surface area contributed by atoms with Gasteiger partial charge < -0.3 is 26.0 Å². The van der Waals surface area contributed by atoms with Gasteiger partial charge in [-0.1, -0.05) is 19.9 Å². The summed E-state index contributed by atoms with van der Waals surface area (Å²) in [6.45, 7) is 4.23. The molecule has 3 aliphatic rings. The summed E-state index contributed by atoms with van der Waals surface area (Å²) in [4.78, 5) is 41.1. The number of benzene rings is 1. The summed E-state index contributed by atoms with van der Waals surface area (Å²) in [5.74, 6) is 0.444. The van der Waals surface area contributed by atoms with Gasteiger partial charge in [-0.15, -0.1) is 24.6 Å². The normalized spacial score (nSPS) is 26.9. The number of carbonyl (C=O) groups excluding carboxylic acids is 3. The SMILES string of the molecule is C#C.CNCC(=O)NC1CCSC2CC(C)(C)[C@@H](C(=O)NC3CCCc4cc(O)ccc43)N2C1=O. The van der Waals surface area contributed by atoms with Crippen LogP contribution in [-0.2, 0) is 20.8 Å². The van der Waals surface area contributed by atoms with E-state index in [0.717, 1.165) is 42.6 Å². The first-order valence-corrected chi connectivity index (χ1v) is 13.1. The van der Waals surface area contributed by atoms with Gasteiger partial charge in [-0.25, -0.2) is 0 Å². The van der Waals surface area contributed by atoms with E-state index in [1.54, 1.807) is 35.8 Å². The summed E-state index contributed by atoms with van der Waals surface area (Å²) >= 11 is 1.69. The quantitative estimate of drug-likeness (QED) is 0.460. The predicted octanol–water partition coefficient (Wildman–Crippen LogP) is 1.93. The van der Waals surface area contributed by atoms with E-state index in [1.807, 2.05) is 19.9 Å². The fourth-order valence-electron chi connectivity index (χ4n) is 5.46. The average Bonchev–Trinajstić information content (AvgIpc) is 3.01. The van der Waals surface area contributed by atoms with Gasteiger partial charge in [0.1, 0.15) is 17.8 Å². The van der Waals surface area contributed by atoms with Crippen LogP contribution in [-0.4, -0.2) is 64.5 Å². The molecule has 0 spiro atoms. The third kappa shape index (κ3) is 5.76. The lowest BCUT2D eigenvalue weighted by molar-refractivity contribution is -0.143. The van der Waals surface area contributed by atoms with Crippen LogP contribution in [0.25, 0.3) is 0 Å². The molecule has 4 atom stereocenters. The van der Waals surface area contributed by atoms with Gasteiger partial charge in [-0.3, -0.25) is 14.4 Å². The molecule has 1 aliphatic carbocycles. The van der Waals surface area contributed by atoms with Gasteiger partial charge in [0.2, 0.25) is 17.7 Å². The molecule has 1 aromatic rings. The van der Waals surface area contributed by atoms with Crippen molar-refractivity contribution in [2.24, 2.45) is 5.41 Å². The first kappa shape index (κ1) is 26.9. The van der Waals surface area contributed by atoms with E-state index in [4.69, 9.17) is 0 Å². The van der Waals surface area contributed by atoms with Crippen LogP contribution in [0.15, 0.2) is 18.2 Å². The van der Waals surface area contributed by atoms with E-state index >= 15 is 0 Å². The maximum absolute atomic E-state index is 13.7. The Labute approximate surface area is 212 Å². The molecule has 8 nitrogen and oxygen atoms in total. The summed E-state index contributed by atoms with van der Waals surface area (Å²) < 4.78 is 0. The number of fused-ring (bicyclic) bond motifs is 2. The van der Waals surface area contributed by atoms with Gasteiger partial charge in [0.05, 0.1) is 18.0 Å². The molecule has 190 valence electrons. The number of thioether (sulfide) groups is 1. The molecule has 2 fully saturated rings. The van der Waals surface area contributed by atoms with Crippen molar-refractivity contribution in [2.75, 3.05) is 19.3 Å². The van der Waals surface area contributed by atoms with Crippen molar-refractivity contribution >= 4 is 29.5 Å². The number of nitrogens with one attached hydrogen (secondary N) is 3. The largest absolute Gasteiger partial charge is 0.508 e. The van der Waals surface area contributed by atoms with Crippen molar-refractivity contribution in [3.05, 3.63) is 29.3 Å². The zero-order valence-electron chi connectivity index (χ0n) is 20.7. The number of hydrogen-bond donors (Lipinski definition) is 4. The van der Waals surface area contributed by atoms with Gasteiger partial charge in [0.25, 0.3) is 0 Å². The lowest BCUT2D eigenvalue weighted by atomic mass is 9.83. The summed E-state index contributed by atoms with van der Waals surface area (Å²) in [6, 6.07) is 3.95. The van der Waals surface area contributed by atoms with Crippen LogP contribution in [0.5, 0.6) is 5.75 Å². The summed E-state index contributed by atoms with van der Waals surface area (Å²) in [7, 11) is 1.69. The molecule has 35 heavy (non-hydrogen) atoms. The molecular formula is C26H36N4O4S. The zero-order chi connectivity index (χ0) is 25.8. The monoisotopic (exact) mass is 500 g/mol. The summed E-state index contributed by atoms with van der Waals surface area (Å²) in [5, 5.41) is 18.6.